The molecule has 0 bridgehead atoms. The van der Waals surface area contributed by atoms with E-state index in [2.05, 4.69) is 29.8 Å². The molecule has 1 unspecified atom stereocenters. The van der Waals surface area contributed by atoms with Crippen LogP contribution >= 0.6 is 15.9 Å². The van der Waals surface area contributed by atoms with Crippen molar-refractivity contribution in [1.29, 1.82) is 0 Å². The third-order valence-corrected chi connectivity index (χ3v) is 4.95. The molecular weight excluding hydrogens is 305 g/mol. The summed E-state index contributed by atoms with van der Waals surface area (Å²) in [4.78, 5) is 0. The Kier molecular flexibility index (Phi) is 4.67. The summed E-state index contributed by atoms with van der Waals surface area (Å²) >= 11 is 3.39. The first kappa shape index (κ1) is 15.0. The number of nitrogens with two attached hydrogens (primary N) is 1. The number of halogens is 2. The third-order valence-electron chi connectivity index (χ3n) is 4.45. The van der Waals surface area contributed by atoms with Gasteiger partial charge in [0, 0.05) is 10.5 Å². The molecule has 1 aromatic rings. The van der Waals surface area contributed by atoms with E-state index in [0.29, 0.717) is 17.8 Å². The highest BCUT2D eigenvalue weighted by atomic mass is 79.9. The molecular formula is C16H23BrFN. The summed E-state index contributed by atoms with van der Waals surface area (Å²) in [7, 11) is 0. The molecule has 3 heteroatoms. The van der Waals surface area contributed by atoms with Crippen molar-refractivity contribution in [2.75, 3.05) is 0 Å². The Morgan fingerprint density at radius 1 is 1.37 bits per heavy atom. The third kappa shape index (κ3) is 4.03. The molecule has 1 nitrogen and oxygen atoms in total. The minimum Gasteiger partial charge on any atom is -0.327 e. The molecule has 1 saturated carbocycles. The summed E-state index contributed by atoms with van der Waals surface area (Å²) in [5.41, 5.74) is 7.49. The molecule has 1 atom stereocenters. The summed E-state index contributed by atoms with van der Waals surface area (Å²) in [5.74, 6) is 0.390. The van der Waals surface area contributed by atoms with Crippen molar-refractivity contribution < 1.29 is 4.39 Å². The second-order valence-electron chi connectivity index (χ2n) is 6.61. The molecule has 106 valence electrons. The van der Waals surface area contributed by atoms with Gasteiger partial charge in [-0.1, -0.05) is 29.8 Å². The van der Waals surface area contributed by atoms with Gasteiger partial charge in [0.2, 0.25) is 0 Å². The maximum Gasteiger partial charge on any atom is 0.126 e. The minimum absolute atomic E-state index is 0.0694. The zero-order valence-electron chi connectivity index (χ0n) is 11.8. The van der Waals surface area contributed by atoms with Crippen LogP contribution in [-0.2, 0) is 6.42 Å². The lowest BCUT2D eigenvalue weighted by Crippen LogP contribution is -2.36. The van der Waals surface area contributed by atoms with Crippen LogP contribution in [0, 0.1) is 17.2 Å². The van der Waals surface area contributed by atoms with E-state index in [4.69, 9.17) is 5.73 Å². The van der Waals surface area contributed by atoms with Gasteiger partial charge in [0.15, 0.2) is 0 Å². The van der Waals surface area contributed by atoms with E-state index < -0.39 is 0 Å². The van der Waals surface area contributed by atoms with Gasteiger partial charge >= 0.3 is 0 Å². The van der Waals surface area contributed by atoms with E-state index >= 15 is 0 Å². The summed E-state index contributed by atoms with van der Waals surface area (Å²) in [6.45, 7) is 4.64. The van der Waals surface area contributed by atoms with Crippen LogP contribution < -0.4 is 5.73 Å². The fraction of sp³-hybridized carbons (Fsp3) is 0.625. The van der Waals surface area contributed by atoms with Crippen LogP contribution in [0.5, 0.6) is 0 Å². The van der Waals surface area contributed by atoms with Crippen LogP contribution in [-0.4, -0.2) is 6.04 Å². The first-order chi connectivity index (χ1) is 8.87. The van der Waals surface area contributed by atoms with Crippen LogP contribution in [0.4, 0.5) is 4.39 Å². The largest absolute Gasteiger partial charge is 0.327 e. The Morgan fingerprint density at radius 2 is 2.00 bits per heavy atom. The molecule has 0 radical (unpaired) electrons. The summed E-state index contributed by atoms with van der Waals surface area (Å²) in [5, 5.41) is 0. The average molecular weight is 328 g/mol. The van der Waals surface area contributed by atoms with Gasteiger partial charge in [0.1, 0.15) is 5.82 Å². The van der Waals surface area contributed by atoms with Crippen molar-refractivity contribution in [2.24, 2.45) is 17.1 Å². The van der Waals surface area contributed by atoms with Crippen molar-refractivity contribution in [3.63, 3.8) is 0 Å². The first-order valence-electron chi connectivity index (χ1n) is 7.07. The number of rotatable bonds is 3. The highest BCUT2D eigenvalue weighted by Crippen LogP contribution is 2.39. The van der Waals surface area contributed by atoms with Gasteiger partial charge in [-0.2, -0.15) is 0 Å². The Balaban J connectivity index is 1.98. The zero-order valence-corrected chi connectivity index (χ0v) is 13.3. The van der Waals surface area contributed by atoms with E-state index in [0.717, 1.165) is 10.0 Å². The van der Waals surface area contributed by atoms with Gasteiger partial charge < -0.3 is 5.73 Å². The summed E-state index contributed by atoms with van der Waals surface area (Å²) in [6.07, 6.45) is 5.43. The smallest absolute Gasteiger partial charge is 0.126 e. The maximum absolute atomic E-state index is 13.7. The van der Waals surface area contributed by atoms with Crippen molar-refractivity contribution in [1.82, 2.24) is 0 Å². The fourth-order valence-electron chi connectivity index (χ4n) is 2.97. The highest BCUT2D eigenvalue weighted by Gasteiger charge is 2.30. The molecule has 1 aliphatic rings. The van der Waals surface area contributed by atoms with E-state index in [1.165, 1.54) is 31.7 Å². The van der Waals surface area contributed by atoms with Gasteiger partial charge in [0.05, 0.1) is 0 Å². The van der Waals surface area contributed by atoms with Crippen LogP contribution in [0.2, 0.25) is 0 Å². The first-order valence-corrected chi connectivity index (χ1v) is 7.86. The lowest BCUT2D eigenvalue weighted by molar-refractivity contribution is 0.172. The second-order valence-corrected chi connectivity index (χ2v) is 7.52. The maximum atomic E-state index is 13.7. The standard InChI is InChI=1S/C16H23BrFN/c1-16(2)7-5-11(6-8-16)15(19)10-12-9-13(17)3-4-14(12)18/h3-4,9,11,15H,5-8,10,19H2,1-2H3. The minimum atomic E-state index is -0.144. The fourth-order valence-corrected chi connectivity index (χ4v) is 3.38. The van der Waals surface area contributed by atoms with Crippen LogP contribution in [0.15, 0.2) is 22.7 Å². The van der Waals surface area contributed by atoms with Crippen molar-refractivity contribution in [3.05, 3.63) is 34.1 Å². The molecule has 2 rings (SSSR count). The van der Waals surface area contributed by atoms with Crippen molar-refractivity contribution in [3.8, 4) is 0 Å². The average Bonchev–Trinajstić information content (AvgIpc) is 2.33. The van der Waals surface area contributed by atoms with Gasteiger partial charge in [-0.15, -0.1) is 0 Å². The molecule has 2 N–H and O–H groups in total. The molecule has 0 saturated heterocycles. The predicted octanol–water partition coefficient (Wildman–Crippen LogP) is 4.67. The molecule has 0 spiro atoms. The zero-order chi connectivity index (χ0) is 14.0. The Morgan fingerprint density at radius 3 is 2.63 bits per heavy atom. The molecule has 1 aliphatic carbocycles. The van der Waals surface area contributed by atoms with Crippen molar-refractivity contribution in [2.45, 2.75) is 52.0 Å². The van der Waals surface area contributed by atoms with Crippen LogP contribution in [0.1, 0.15) is 45.1 Å². The summed E-state index contributed by atoms with van der Waals surface area (Å²) < 4.78 is 14.7. The van der Waals surface area contributed by atoms with E-state index in [9.17, 15) is 4.39 Å². The van der Waals surface area contributed by atoms with E-state index in [1.54, 1.807) is 6.07 Å². The van der Waals surface area contributed by atoms with Crippen LogP contribution in [0.25, 0.3) is 0 Å². The quantitative estimate of drug-likeness (QED) is 0.857. The topological polar surface area (TPSA) is 26.0 Å². The van der Waals surface area contributed by atoms with E-state index in [-0.39, 0.29) is 11.9 Å². The van der Waals surface area contributed by atoms with Gasteiger partial charge in [-0.3, -0.25) is 0 Å². The molecule has 19 heavy (non-hydrogen) atoms. The number of benzene rings is 1. The summed E-state index contributed by atoms with van der Waals surface area (Å²) in [6, 6.07) is 5.16. The number of hydrogen-bond donors (Lipinski definition) is 1. The lowest BCUT2D eigenvalue weighted by Gasteiger charge is -2.37. The number of hydrogen-bond acceptors (Lipinski definition) is 1. The second kappa shape index (κ2) is 5.92. The van der Waals surface area contributed by atoms with E-state index in [1.807, 2.05) is 6.07 Å². The Hall–Kier alpha value is -0.410. The molecule has 0 aromatic heterocycles. The monoisotopic (exact) mass is 327 g/mol. The molecule has 0 heterocycles. The lowest BCUT2D eigenvalue weighted by atomic mass is 9.70. The van der Waals surface area contributed by atoms with Gasteiger partial charge in [-0.25, -0.2) is 4.39 Å². The molecule has 0 aliphatic heterocycles. The molecule has 1 fully saturated rings. The highest BCUT2D eigenvalue weighted by molar-refractivity contribution is 9.10. The Bertz CT molecular complexity index is 434. The Labute approximate surface area is 123 Å². The van der Waals surface area contributed by atoms with Crippen molar-refractivity contribution >= 4 is 15.9 Å². The molecule has 1 aromatic carbocycles. The normalized spacial score (nSPS) is 21.3. The molecule has 0 amide bonds. The van der Waals surface area contributed by atoms with Gasteiger partial charge in [0.25, 0.3) is 0 Å². The SMILES string of the molecule is CC1(C)CCC(C(N)Cc2cc(Br)ccc2F)CC1. The van der Waals surface area contributed by atoms with Crippen LogP contribution in [0.3, 0.4) is 0 Å². The predicted molar refractivity (Wildman–Crippen MR) is 81.5 cm³/mol. The van der Waals surface area contributed by atoms with Gasteiger partial charge in [-0.05, 0) is 67.2 Å².